The number of aromatic nitrogens is 1. The van der Waals surface area contributed by atoms with Crippen molar-refractivity contribution in [2.45, 2.75) is 31.2 Å². The van der Waals surface area contributed by atoms with Crippen molar-refractivity contribution in [2.75, 3.05) is 6.54 Å². The minimum Gasteiger partial charge on any atom is -0.265 e. The summed E-state index contributed by atoms with van der Waals surface area (Å²) < 4.78 is 27.1. The van der Waals surface area contributed by atoms with E-state index in [1.54, 1.807) is 18.5 Å². The largest absolute Gasteiger partial charge is 0.265 e. The van der Waals surface area contributed by atoms with Crippen molar-refractivity contribution in [2.24, 2.45) is 0 Å². The topological polar surface area (TPSA) is 50.3 Å². The minimum atomic E-state index is -3.50. The summed E-state index contributed by atoms with van der Waals surface area (Å²) in [7, 11) is -3.50. The molecule has 7 heteroatoms. The van der Waals surface area contributed by atoms with E-state index in [2.05, 4.69) is 4.98 Å². The molecule has 2 aromatic heterocycles. The summed E-state index contributed by atoms with van der Waals surface area (Å²) in [6.45, 7) is 4.40. The van der Waals surface area contributed by atoms with Crippen molar-refractivity contribution in [3.63, 3.8) is 0 Å². The molecule has 0 aliphatic carbocycles. The molecule has 21 heavy (non-hydrogen) atoms. The highest BCUT2D eigenvalue weighted by Crippen LogP contribution is 2.29. The maximum absolute atomic E-state index is 12.8. The number of hydrogen-bond acceptors (Lipinski definition) is 4. The smallest absolute Gasteiger partial charge is 0.244 e. The molecule has 0 bridgehead atoms. The Kier molecular flexibility index (Phi) is 5.37. The second kappa shape index (κ2) is 6.87. The van der Waals surface area contributed by atoms with E-state index in [0.717, 1.165) is 15.3 Å². The first-order valence-electron chi connectivity index (χ1n) is 6.53. The highest BCUT2D eigenvalue weighted by atomic mass is 35.5. The van der Waals surface area contributed by atoms with Crippen LogP contribution in [-0.4, -0.2) is 24.3 Å². The Bertz CT molecular complexity index is 699. The van der Waals surface area contributed by atoms with Crippen molar-refractivity contribution in [1.29, 1.82) is 0 Å². The first-order valence-corrected chi connectivity index (χ1v) is 9.32. The molecule has 0 atom stereocenters. The molecule has 0 aromatic carbocycles. The lowest BCUT2D eigenvalue weighted by molar-refractivity contribution is 0.423. The molecule has 2 heterocycles. The minimum absolute atomic E-state index is 0.331. The van der Waals surface area contributed by atoms with E-state index < -0.39 is 10.0 Å². The second-order valence-electron chi connectivity index (χ2n) is 4.55. The van der Waals surface area contributed by atoms with Gasteiger partial charge in [-0.15, -0.1) is 22.9 Å². The lowest BCUT2D eigenvalue weighted by Crippen LogP contribution is -2.30. The predicted octanol–water partition coefficient (Wildman–Crippen LogP) is 3.40. The highest BCUT2D eigenvalue weighted by molar-refractivity contribution is 7.89. The zero-order chi connectivity index (χ0) is 15.5. The van der Waals surface area contributed by atoms with E-state index in [1.807, 2.05) is 26.0 Å². The van der Waals surface area contributed by atoms with Gasteiger partial charge in [0, 0.05) is 35.2 Å². The summed E-state index contributed by atoms with van der Waals surface area (Å²) in [6.07, 6.45) is 3.33. The van der Waals surface area contributed by atoms with Gasteiger partial charge in [-0.05, 0) is 30.7 Å². The summed E-state index contributed by atoms with van der Waals surface area (Å²) in [6, 6.07) is 5.32. The van der Waals surface area contributed by atoms with Crippen molar-refractivity contribution < 1.29 is 8.42 Å². The third-order valence-electron chi connectivity index (χ3n) is 3.13. The number of alkyl halides is 1. The summed E-state index contributed by atoms with van der Waals surface area (Å²) in [5.74, 6) is 0.331. The van der Waals surface area contributed by atoms with E-state index in [-0.39, 0.29) is 0 Å². The van der Waals surface area contributed by atoms with Gasteiger partial charge in [0.15, 0.2) is 0 Å². The van der Waals surface area contributed by atoms with Crippen LogP contribution in [0.4, 0.5) is 0 Å². The summed E-state index contributed by atoms with van der Waals surface area (Å²) in [5, 5.41) is 0. The van der Waals surface area contributed by atoms with E-state index in [1.165, 1.54) is 15.6 Å². The number of halogens is 1. The Balaban J connectivity index is 2.33. The van der Waals surface area contributed by atoms with Crippen LogP contribution in [0.2, 0.25) is 0 Å². The molecule has 0 spiro atoms. The standard InChI is InChI=1S/C14H17ClN2O2S2/c1-3-17(10-12-4-6-16-7-5-12)21(18,19)14-8-13(9-15)20-11(14)2/h4-8H,3,9-10H2,1-2H3. The van der Waals surface area contributed by atoms with Gasteiger partial charge in [0.25, 0.3) is 0 Å². The van der Waals surface area contributed by atoms with E-state index in [4.69, 9.17) is 11.6 Å². The zero-order valence-electron chi connectivity index (χ0n) is 11.9. The van der Waals surface area contributed by atoms with Crippen LogP contribution in [0, 0.1) is 6.92 Å². The van der Waals surface area contributed by atoms with Crippen LogP contribution in [0.5, 0.6) is 0 Å². The Morgan fingerprint density at radius 3 is 2.52 bits per heavy atom. The number of thiophene rings is 1. The highest BCUT2D eigenvalue weighted by Gasteiger charge is 2.26. The summed E-state index contributed by atoms with van der Waals surface area (Å²) in [4.78, 5) is 5.95. The van der Waals surface area contributed by atoms with E-state index in [9.17, 15) is 8.42 Å². The molecule has 0 radical (unpaired) electrons. The Morgan fingerprint density at radius 1 is 1.33 bits per heavy atom. The van der Waals surface area contributed by atoms with Crippen LogP contribution in [0.1, 0.15) is 22.2 Å². The molecule has 114 valence electrons. The van der Waals surface area contributed by atoms with Gasteiger partial charge >= 0.3 is 0 Å². The number of nitrogens with zero attached hydrogens (tertiary/aromatic N) is 2. The molecular weight excluding hydrogens is 328 g/mol. The second-order valence-corrected chi connectivity index (χ2v) is 8.07. The molecule has 0 N–H and O–H groups in total. The Hall–Kier alpha value is -0.950. The predicted molar refractivity (Wildman–Crippen MR) is 86.1 cm³/mol. The molecule has 0 amide bonds. The van der Waals surface area contributed by atoms with Crippen molar-refractivity contribution in [1.82, 2.24) is 9.29 Å². The third kappa shape index (κ3) is 3.63. The molecule has 0 fully saturated rings. The molecular formula is C14H17ClN2O2S2. The number of hydrogen-bond donors (Lipinski definition) is 0. The lowest BCUT2D eigenvalue weighted by atomic mass is 10.3. The summed E-state index contributed by atoms with van der Waals surface area (Å²) in [5.41, 5.74) is 0.917. The lowest BCUT2D eigenvalue weighted by Gasteiger charge is -2.20. The van der Waals surface area contributed by atoms with Crippen LogP contribution < -0.4 is 0 Å². The number of pyridine rings is 1. The van der Waals surface area contributed by atoms with Crippen molar-refractivity contribution in [3.8, 4) is 0 Å². The van der Waals surface area contributed by atoms with Gasteiger partial charge in [-0.2, -0.15) is 4.31 Å². The molecule has 2 aromatic rings. The van der Waals surface area contributed by atoms with Gasteiger partial charge in [-0.3, -0.25) is 4.98 Å². The van der Waals surface area contributed by atoms with Crippen LogP contribution in [0.15, 0.2) is 35.5 Å². The maximum Gasteiger partial charge on any atom is 0.244 e. The monoisotopic (exact) mass is 344 g/mol. The SMILES string of the molecule is CCN(Cc1ccncc1)S(=O)(=O)c1cc(CCl)sc1C. The quantitative estimate of drug-likeness (QED) is 0.754. The molecule has 0 aliphatic rings. The molecule has 0 saturated heterocycles. The molecule has 4 nitrogen and oxygen atoms in total. The molecule has 0 unspecified atom stereocenters. The van der Waals surface area contributed by atoms with Gasteiger partial charge in [0.05, 0.1) is 10.8 Å². The van der Waals surface area contributed by atoms with Crippen molar-refractivity contribution in [3.05, 3.63) is 45.9 Å². The van der Waals surface area contributed by atoms with Gasteiger partial charge in [0.2, 0.25) is 10.0 Å². The number of sulfonamides is 1. The first-order chi connectivity index (χ1) is 9.98. The Labute approximate surface area is 134 Å². The molecule has 0 aliphatic heterocycles. The van der Waals surface area contributed by atoms with Crippen LogP contribution in [0.3, 0.4) is 0 Å². The van der Waals surface area contributed by atoms with Crippen molar-refractivity contribution >= 4 is 33.0 Å². The zero-order valence-corrected chi connectivity index (χ0v) is 14.3. The number of aryl methyl sites for hydroxylation is 1. The van der Waals surface area contributed by atoms with Gasteiger partial charge in [-0.25, -0.2) is 8.42 Å². The first kappa shape index (κ1) is 16.4. The normalized spacial score (nSPS) is 12.0. The average Bonchev–Trinajstić information content (AvgIpc) is 2.87. The molecule has 2 rings (SSSR count). The fourth-order valence-corrected chi connectivity index (χ4v) is 5.18. The van der Waals surface area contributed by atoms with Gasteiger partial charge in [-0.1, -0.05) is 6.92 Å². The maximum atomic E-state index is 12.8. The molecule has 0 saturated carbocycles. The van der Waals surface area contributed by atoms with E-state index in [0.29, 0.717) is 23.9 Å². The average molecular weight is 345 g/mol. The fraction of sp³-hybridized carbons (Fsp3) is 0.357. The third-order valence-corrected chi connectivity index (χ3v) is 6.81. The van der Waals surface area contributed by atoms with Gasteiger partial charge in [0.1, 0.15) is 0 Å². The Morgan fingerprint density at radius 2 is 2.00 bits per heavy atom. The summed E-state index contributed by atoms with van der Waals surface area (Å²) >= 11 is 7.23. The van der Waals surface area contributed by atoms with Gasteiger partial charge < -0.3 is 0 Å². The fourth-order valence-electron chi connectivity index (χ4n) is 2.04. The van der Waals surface area contributed by atoms with Crippen LogP contribution >= 0.6 is 22.9 Å². The van der Waals surface area contributed by atoms with Crippen LogP contribution in [0.25, 0.3) is 0 Å². The van der Waals surface area contributed by atoms with Crippen LogP contribution in [-0.2, 0) is 22.4 Å². The van der Waals surface area contributed by atoms with E-state index >= 15 is 0 Å². The number of rotatable bonds is 6.